The number of rotatable bonds is 4. The van der Waals surface area contributed by atoms with E-state index in [1.54, 1.807) is 0 Å². The third kappa shape index (κ3) is 2.99. The third-order valence-corrected chi connectivity index (χ3v) is 4.46. The molecule has 0 radical (unpaired) electrons. The molecule has 20 heavy (non-hydrogen) atoms. The van der Waals surface area contributed by atoms with Crippen molar-refractivity contribution in [2.45, 2.75) is 57.3 Å². The van der Waals surface area contributed by atoms with E-state index >= 15 is 0 Å². The van der Waals surface area contributed by atoms with Crippen molar-refractivity contribution >= 4 is 5.69 Å². The van der Waals surface area contributed by atoms with Gasteiger partial charge in [-0.25, -0.2) is 0 Å². The summed E-state index contributed by atoms with van der Waals surface area (Å²) in [5.74, 6) is -0.249. The molecule has 0 amide bonds. The van der Waals surface area contributed by atoms with Crippen LogP contribution in [0.3, 0.4) is 0 Å². The van der Waals surface area contributed by atoms with Crippen LogP contribution in [0.15, 0.2) is 24.3 Å². The zero-order valence-electron chi connectivity index (χ0n) is 12.4. The summed E-state index contributed by atoms with van der Waals surface area (Å²) in [5, 5.41) is 3.73. The minimum atomic E-state index is -0.249. The van der Waals surface area contributed by atoms with Gasteiger partial charge in [-0.05, 0) is 30.9 Å². The summed E-state index contributed by atoms with van der Waals surface area (Å²) in [5.41, 5.74) is 2.74. The molecule has 2 aliphatic rings. The van der Waals surface area contributed by atoms with Gasteiger partial charge in [0.2, 0.25) is 0 Å². The van der Waals surface area contributed by atoms with Crippen molar-refractivity contribution < 1.29 is 9.47 Å². The van der Waals surface area contributed by atoms with E-state index in [1.165, 1.54) is 17.7 Å². The summed E-state index contributed by atoms with van der Waals surface area (Å²) >= 11 is 0. The van der Waals surface area contributed by atoms with Crippen LogP contribution in [0.2, 0.25) is 0 Å². The minimum Gasteiger partial charge on any atom is -0.382 e. The first-order valence-electron chi connectivity index (χ1n) is 7.94. The molecule has 2 fully saturated rings. The molecule has 1 aromatic carbocycles. The van der Waals surface area contributed by atoms with Crippen LogP contribution >= 0.6 is 0 Å². The first-order chi connectivity index (χ1) is 9.81. The lowest BCUT2D eigenvalue weighted by Gasteiger charge is -2.36. The molecule has 0 aromatic heterocycles. The van der Waals surface area contributed by atoms with Gasteiger partial charge in [-0.1, -0.05) is 31.5 Å². The van der Waals surface area contributed by atoms with E-state index in [0.717, 1.165) is 45.3 Å². The molecule has 0 unspecified atom stereocenters. The lowest BCUT2D eigenvalue weighted by Crippen LogP contribution is -2.39. The maximum absolute atomic E-state index is 5.79. The summed E-state index contributed by atoms with van der Waals surface area (Å²) in [6, 6.07) is 9.24. The second-order valence-corrected chi connectivity index (χ2v) is 5.93. The second-order valence-electron chi connectivity index (χ2n) is 5.93. The Morgan fingerprint density at radius 3 is 2.55 bits per heavy atom. The van der Waals surface area contributed by atoms with Crippen molar-refractivity contribution in [3.05, 3.63) is 29.8 Å². The van der Waals surface area contributed by atoms with Crippen molar-refractivity contribution in [2.24, 2.45) is 0 Å². The number of para-hydroxylation sites is 1. The van der Waals surface area contributed by atoms with Gasteiger partial charge in [0.1, 0.15) is 0 Å². The quantitative estimate of drug-likeness (QED) is 0.908. The van der Waals surface area contributed by atoms with Crippen LogP contribution in [0, 0.1) is 0 Å². The molecule has 1 aromatic rings. The highest BCUT2D eigenvalue weighted by molar-refractivity contribution is 5.51. The lowest BCUT2D eigenvalue weighted by molar-refractivity contribution is -0.177. The molecule has 1 saturated heterocycles. The van der Waals surface area contributed by atoms with Crippen molar-refractivity contribution in [2.75, 3.05) is 18.5 Å². The van der Waals surface area contributed by atoms with E-state index in [2.05, 4.69) is 36.5 Å². The van der Waals surface area contributed by atoms with Gasteiger partial charge < -0.3 is 14.8 Å². The SMILES string of the molecule is CCCc1ccccc1NC1CCC2(CC1)OCCO2. The second kappa shape index (κ2) is 6.15. The number of benzene rings is 1. The zero-order valence-corrected chi connectivity index (χ0v) is 12.4. The predicted octanol–water partition coefficient (Wildman–Crippen LogP) is 3.74. The van der Waals surface area contributed by atoms with Crippen molar-refractivity contribution in [1.82, 2.24) is 0 Å². The molecule has 1 saturated carbocycles. The largest absolute Gasteiger partial charge is 0.382 e. The van der Waals surface area contributed by atoms with Crippen LogP contribution in [0.1, 0.15) is 44.6 Å². The molecular formula is C17H25NO2. The van der Waals surface area contributed by atoms with Gasteiger partial charge in [0, 0.05) is 24.6 Å². The molecule has 1 heterocycles. The Labute approximate surface area is 121 Å². The van der Waals surface area contributed by atoms with E-state index in [-0.39, 0.29) is 5.79 Å². The van der Waals surface area contributed by atoms with Crippen molar-refractivity contribution in [3.8, 4) is 0 Å². The topological polar surface area (TPSA) is 30.5 Å². The smallest absolute Gasteiger partial charge is 0.168 e. The lowest BCUT2D eigenvalue weighted by atomic mass is 9.89. The van der Waals surface area contributed by atoms with Gasteiger partial charge >= 0.3 is 0 Å². The maximum Gasteiger partial charge on any atom is 0.168 e. The van der Waals surface area contributed by atoms with Gasteiger partial charge in [-0.15, -0.1) is 0 Å². The number of nitrogens with one attached hydrogen (secondary N) is 1. The fraction of sp³-hybridized carbons (Fsp3) is 0.647. The highest BCUT2D eigenvalue weighted by atomic mass is 16.7. The van der Waals surface area contributed by atoms with Gasteiger partial charge in [0.15, 0.2) is 5.79 Å². The Balaban J connectivity index is 1.59. The third-order valence-electron chi connectivity index (χ3n) is 4.46. The van der Waals surface area contributed by atoms with Crippen LogP contribution < -0.4 is 5.32 Å². The highest BCUT2D eigenvalue weighted by Gasteiger charge is 2.40. The molecule has 1 aliphatic carbocycles. The normalized spacial score (nSPS) is 22.2. The summed E-state index contributed by atoms with van der Waals surface area (Å²) in [7, 11) is 0. The van der Waals surface area contributed by atoms with E-state index < -0.39 is 0 Å². The van der Waals surface area contributed by atoms with Crippen LogP contribution in [0.5, 0.6) is 0 Å². The summed E-state index contributed by atoms with van der Waals surface area (Å²) in [6.45, 7) is 3.75. The molecule has 1 spiro atoms. The number of aryl methyl sites for hydroxylation is 1. The Kier molecular flexibility index (Phi) is 4.27. The number of ether oxygens (including phenoxy) is 2. The molecule has 3 heteroatoms. The standard InChI is InChI=1S/C17H25NO2/c1-2-5-14-6-3-4-7-16(14)18-15-8-10-17(11-9-15)19-12-13-20-17/h3-4,6-7,15,18H,2,5,8-13H2,1H3. The van der Waals surface area contributed by atoms with Gasteiger partial charge in [0.25, 0.3) is 0 Å². The molecule has 3 rings (SSSR count). The number of hydrogen-bond donors (Lipinski definition) is 1. The fourth-order valence-corrected chi connectivity index (χ4v) is 3.36. The summed E-state index contributed by atoms with van der Waals surface area (Å²) in [6.07, 6.45) is 6.61. The van der Waals surface area contributed by atoms with E-state index in [9.17, 15) is 0 Å². The van der Waals surface area contributed by atoms with E-state index in [4.69, 9.17) is 9.47 Å². The number of anilines is 1. The molecule has 1 aliphatic heterocycles. The first-order valence-corrected chi connectivity index (χ1v) is 7.94. The molecular weight excluding hydrogens is 250 g/mol. The summed E-state index contributed by atoms with van der Waals surface area (Å²) in [4.78, 5) is 0. The first kappa shape index (κ1) is 13.9. The van der Waals surface area contributed by atoms with Crippen LogP contribution in [-0.4, -0.2) is 25.0 Å². The molecule has 1 N–H and O–H groups in total. The van der Waals surface area contributed by atoms with E-state index in [1.807, 2.05) is 0 Å². The maximum atomic E-state index is 5.79. The molecule has 110 valence electrons. The Bertz CT molecular complexity index is 430. The average molecular weight is 275 g/mol. The zero-order chi connectivity index (χ0) is 13.8. The van der Waals surface area contributed by atoms with Gasteiger partial charge in [-0.3, -0.25) is 0 Å². The van der Waals surface area contributed by atoms with Gasteiger partial charge in [0.05, 0.1) is 13.2 Å². The Morgan fingerprint density at radius 1 is 1.15 bits per heavy atom. The Morgan fingerprint density at radius 2 is 1.85 bits per heavy atom. The minimum absolute atomic E-state index is 0.249. The van der Waals surface area contributed by atoms with Crippen LogP contribution in [0.25, 0.3) is 0 Å². The van der Waals surface area contributed by atoms with Gasteiger partial charge in [-0.2, -0.15) is 0 Å². The Hall–Kier alpha value is -1.06. The van der Waals surface area contributed by atoms with Crippen LogP contribution in [0.4, 0.5) is 5.69 Å². The van der Waals surface area contributed by atoms with Crippen molar-refractivity contribution in [3.63, 3.8) is 0 Å². The fourth-order valence-electron chi connectivity index (χ4n) is 3.36. The monoisotopic (exact) mass is 275 g/mol. The highest BCUT2D eigenvalue weighted by Crippen LogP contribution is 2.36. The summed E-state index contributed by atoms with van der Waals surface area (Å²) < 4.78 is 11.6. The molecule has 0 bridgehead atoms. The molecule has 3 nitrogen and oxygen atoms in total. The van der Waals surface area contributed by atoms with E-state index in [0.29, 0.717) is 6.04 Å². The predicted molar refractivity (Wildman–Crippen MR) is 81.0 cm³/mol. The van der Waals surface area contributed by atoms with Crippen molar-refractivity contribution in [1.29, 1.82) is 0 Å². The average Bonchev–Trinajstić information content (AvgIpc) is 2.92. The van der Waals surface area contributed by atoms with Crippen LogP contribution in [-0.2, 0) is 15.9 Å². The molecule has 0 atom stereocenters. The number of hydrogen-bond acceptors (Lipinski definition) is 3.